The van der Waals surface area contributed by atoms with Crippen molar-refractivity contribution in [1.29, 1.82) is 0 Å². The van der Waals surface area contributed by atoms with E-state index in [4.69, 9.17) is 10.5 Å². The number of methoxy groups -OCH3 is 1. The molecular formula is C73H95N5O9. The Balaban J connectivity index is 0.864. The van der Waals surface area contributed by atoms with Gasteiger partial charge in [-0.05, 0) is 213 Å². The number of Topliss-reactive ketones (excluding diaryl/α,β-unsaturated/α-hetero) is 2. The second kappa shape index (κ2) is 24.4. The Bertz CT molecular complexity index is 3340. The van der Waals surface area contributed by atoms with Gasteiger partial charge in [-0.2, -0.15) is 0 Å². The molecule has 3 heterocycles. The number of H-pyrrole nitrogens is 1. The third-order valence-electron chi connectivity index (χ3n) is 24.2. The molecule has 87 heavy (non-hydrogen) atoms. The highest BCUT2D eigenvalue weighted by Crippen LogP contribution is 2.69. The first kappa shape index (κ1) is 60.4. The van der Waals surface area contributed by atoms with Crippen LogP contribution in [0, 0.1) is 58.7 Å². The number of phenols is 1. The Morgan fingerprint density at radius 3 is 2.40 bits per heavy atom. The van der Waals surface area contributed by atoms with Gasteiger partial charge in [0.15, 0.2) is 23.6 Å². The van der Waals surface area contributed by atoms with Crippen molar-refractivity contribution < 1.29 is 45.0 Å². The third kappa shape index (κ3) is 11.1. The van der Waals surface area contributed by atoms with E-state index in [-0.39, 0.29) is 126 Å². The Labute approximate surface area is 514 Å². The molecule has 12 N–H and O–H groups in total. The standard InChI is InChI=1S/C73H95N5O9/c1-4-41-39-76-63(74)38-53(41)52(44-15-14-42-12-6-7-13-43(42)30-44)37-58(81)57(80)31-46-20-27-72(61(83)18-16-45-32-60(87-3)59(82)36-51(45)46)28-21-47(33-62(72)84)65-50(17-19-64(85)86)69-68-66-54(34-48(79)35-56(66)78-73(69)25-8-5-9-26-73)49-22-29-75-70(49)67(68)55(65)40-77-71(2)23-10-11-24-71/h6-7,12-15,22,29-30,32,36,38,46-47,50,52,54-58,62,64-69,75-78,80-82,84-86H,4-5,8-11,16-19,21,23-26,28,31,33-35,37,39-40,74H2,1-3H3. The molecule has 16 unspecified atom stereocenters. The van der Waals surface area contributed by atoms with Crippen LogP contribution in [-0.2, 0) is 16.0 Å². The van der Waals surface area contributed by atoms with Gasteiger partial charge in [-0.15, -0.1) is 0 Å². The number of benzene rings is 3. The lowest BCUT2D eigenvalue weighted by atomic mass is 9.39. The first-order valence-electron chi connectivity index (χ1n) is 33.5. The van der Waals surface area contributed by atoms with Crippen molar-refractivity contribution in [3.63, 3.8) is 0 Å². The van der Waals surface area contributed by atoms with Crippen molar-refractivity contribution in [2.24, 2.45) is 52.6 Å². The van der Waals surface area contributed by atoms with Gasteiger partial charge in [0.1, 0.15) is 11.2 Å². The highest BCUT2D eigenvalue weighted by atomic mass is 16.5. The van der Waals surface area contributed by atoms with E-state index in [2.05, 4.69) is 89.2 Å². The van der Waals surface area contributed by atoms with Crippen LogP contribution in [0.2, 0.25) is 0 Å². The monoisotopic (exact) mass is 1190 g/mol. The van der Waals surface area contributed by atoms with Gasteiger partial charge >= 0.3 is 0 Å². The van der Waals surface area contributed by atoms with Crippen LogP contribution >= 0.6 is 0 Å². The van der Waals surface area contributed by atoms with E-state index in [1.807, 2.05) is 18.2 Å². The molecule has 5 saturated carbocycles. The maximum Gasteiger partial charge on any atom is 0.160 e. The lowest BCUT2D eigenvalue weighted by Gasteiger charge is -2.69. The fourth-order valence-electron chi connectivity index (χ4n) is 20.2. The molecule has 2 aliphatic heterocycles. The number of ketones is 2. The SMILES string of the molecule is CCC1=C(C(CC(O)C(O)CC2C#CC3(CCC(C4C(CNC5(C)CCCC5)C5c6[nH]ccc6C6CC(=O)CC7NC8(CCCCC8)C(C4CCC(O)O)C5C76)CC3O)C(=O)CCc3cc(OC)c(O)cc32)c2ccc3ccccc3c2)C=C(N)NC1. The van der Waals surface area contributed by atoms with Crippen molar-refractivity contribution in [3.8, 4) is 23.3 Å². The number of aromatic amines is 1. The summed E-state index contributed by atoms with van der Waals surface area (Å²) < 4.78 is 5.65. The van der Waals surface area contributed by atoms with E-state index in [0.29, 0.717) is 62.2 Å². The van der Waals surface area contributed by atoms with E-state index < -0.39 is 35.9 Å². The zero-order valence-corrected chi connectivity index (χ0v) is 51.4. The van der Waals surface area contributed by atoms with Crippen LogP contribution in [0.15, 0.2) is 89.9 Å². The van der Waals surface area contributed by atoms with E-state index in [1.165, 1.54) is 36.8 Å². The highest BCUT2D eigenvalue weighted by Gasteiger charge is 2.68. The van der Waals surface area contributed by atoms with Crippen LogP contribution in [-0.4, -0.2) is 109 Å². The molecule has 14 nitrogen and oxygen atoms in total. The average Bonchev–Trinajstić information content (AvgIpc) is 1.54. The third-order valence-corrected chi connectivity index (χ3v) is 24.2. The van der Waals surface area contributed by atoms with Crippen molar-refractivity contribution in [2.75, 3.05) is 20.2 Å². The number of carbonyl (C=O) groups excluding carboxylic acids is 2. The number of phenolic OH excluding ortho intramolecular Hbond substituents is 1. The Morgan fingerprint density at radius 1 is 0.862 bits per heavy atom. The smallest absolute Gasteiger partial charge is 0.160 e. The van der Waals surface area contributed by atoms with Crippen LogP contribution in [0.5, 0.6) is 11.5 Å². The minimum absolute atomic E-state index is 0.00895. The molecule has 13 rings (SSSR count). The van der Waals surface area contributed by atoms with Crippen LogP contribution in [0.3, 0.4) is 0 Å². The molecule has 0 bridgehead atoms. The van der Waals surface area contributed by atoms with Crippen LogP contribution in [0.1, 0.15) is 194 Å². The summed E-state index contributed by atoms with van der Waals surface area (Å²) in [4.78, 5) is 33.2. The Hall–Kier alpha value is -5.50. The van der Waals surface area contributed by atoms with Crippen molar-refractivity contribution >= 4 is 22.3 Å². The molecule has 16 atom stereocenters. The highest BCUT2D eigenvalue weighted by molar-refractivity contribution is 5.89. The summed E-state index contributed by atoms with van der Waals surface area (Å²) in [7, 11) is 1.49. The second-order valence-electron chi connectivity index (χ2n) is 28.8. The quantitative estimate of drug-likeness (QED) is 0.0370. The maximum absolute atomic E-state index is 15.4. The number of fused-ring (bicyclic) bond motifs is 6. The van der Waals surface area contributed by atoms with Gasteiger partial charge in [-0.25, -0.2) is 0 Å². The number of aromatic hydroxyl groups is 1. The van der Waals surface area contributed by atoms with Crippen LogP contribution in [0.25, 0.3) is 10.8 Å². The summed E-state index contributed by atoms with van der Waals surface area (Å²) in [5.74, 6) is 8.04. The molecule has 1 aromatic heterocycles. The van der Waals surface area contributed by atoms with Gasteiger partial charge in [-0.1, -0.05) is 93.3 Å². The van der Waals surface area contributed by atoms with Crippen molar-refractivity contribution in [3.05, 3.63) is 118 Å². The van der Waals surface area contributed by atoms with Gasteiger partial charge in [0.25, 0.3) is 0 Å². The lowest BCUT2D eigenvalue weighted by Crippen LogP contribution is -2.74. The van der Waals surface area contributed by atoms with Gasteiger partial charge < -0.3 is 62.0 Å². The van der Waals surface area contributed by atoms with Crippen LogP contribution < -0.4 is 26.4 Å². The molecule has 0 radical (unpaired) electrons. The number of allylic oxidation sites excluding steroid dienone is 2. The largest absolute Gasteiger partial charge is 0.504 e. The van der Waals surface area contributed by atoms with E-state index in [1.54, 1.807) is 12.1 Å². The maximum atomic E-state index is 15.4. The molecule has 4 aromatic rings. The molecule has 0 amide bonds. The predicted molar refractivity (Wildman–Crippen MR) is 336 cm³/mol. The van der Waals surface area contributed by atoms with E-state index in [9.17, 15) is 35.4 Å². The molecular weight excluding hydrogens is 1090 g/mol. The summed E-state index contributed by atoms with van der Waals surface area (Å²) >= 11 is 0. The zero-order chi connectivity index (χ0) is 60.5. The summed E-state index contributed by atoms with van der Waals surface area (Å²) in [6.45, 7) is 5.85. The normalized spacial score (nSPS) is 33.5. The summed E-state index contributed by atoms with van der Waals surface area (Å²) in [6, 6.07) is 20.3. The first-order valence-corrected chi connectivity index (χ1v) is 33.5. The van der Waals surface area contributed by atoms with Gasteiger partial charge in [0.05, 0.1) is 31.2 Å². The Kier molecular flexibility index (Phi) is 16.9. The minimum Gasteiger partial charge on any atom is -0.504 e. The number of aliphatic hydroxyl groups is 5. The number of nitrogens with one attached hydrogen (secondary N) is 4. The average molecular weight is 1190 g/mol. The molecule has 1 saturated heterocycles. The predicted octanol–water partition coefficient (Wildman–Crippen LogP) is 9.67. The molecule has 466 valence electrons. The number of ether oxygens (including phenoxy) is 1. The first-order chi connectivity index (χ1) is 42.0. The fraction of sp³-hybridized carbons (Fsp3) is 0.616. The fourth-order valence-corrected chi connectivity index (χ4v) is 20.2. The topological polar surface area (TPSA) is 243 Å². The summed E-state index contributed by atoms with van der Waals surface area (Å²) in [5.41, 5.74) is 11.9. The number of aliphatic hydroxyl groups excluding tert-OH is 4. The summed E-state index contributed by atoms with van der Waals surface area (Å²) in [5, 5.41) is 85.5. The number of hydrogen-bond donors (Lipinski definition) is 11. The molecule has 9 aliphatic rings. The number of nitrogens with two attached hydrogens (primary N) is 1. The second-order valence-corrected chi connectivity index (χ2v) is 28.8. The van der Waals surface area contributed by atoms with Gasteiger partial charge in [0, 0.05) is 72.6 Å². The molecule has 3 aromatic carbocycles. The van der Waals surface area contributed by atoms with Crippen molar-refractivity contribution in [2.45, 2.75) is 214 Å². The van der Waals surface area contributed by atoms with Gasteiger partial charge in [-0.3, -0.25) is 9.59 Å². The number of rotatable bonds is 16. The molecule has 2 spiro atoms. The van der Waals surface area contributed by atoms with Crippen LogP contribution in [0.4, 0.5) is 0 Å². The molecule has 14 heteroatoms. The van der Waals surface area contributed by atoms with Crippen molar-refractivity contribution in [1.82, 2.24) is 20.9 Å². The minimum atomic E-state index is -1.47. The van der Waals surface area contributed by atoms with Gasteiger partial charge in [0.2, 0.25) is 0 Å². The number of aromatic nitrogens is 1. The number of aryl methyl sites for hydroxylation is 1. The lowest BCUT2D eigenvalue weighted by molar-refractivity contribution is -0.164. The Morgan fingerprint density at radius 2 is 1.64 bits per heavy atom. The summed E-state index contributed by atoms with van der Waals surface area (Å²) in [6.07, 6.45) is 13.5. The number of dihydropyridines is 1. The number of carbonyl (C=O) groups is 2. The zero-order valence-electron chi connectivity index (χ0n) is 51.4. The molecule has 6 fully saturated rings. The van der Waals surface area contributed by atoms with E-state index >= 15 is 4.79 Å². The molecule has 7 aliphatic carbocycles. The van der Waals surface area contributed by atoms with E-state index in [0.717, 1.165) is 85.4 Å². The number of hydrogen-bond acceptors (Lipinski definition) is 13. The number of piperidine rings is 1.